The van der Waals surface area contributed by atoms with Gasteiger partial charge in [0.25, 0.3) is 0 Å². The predicted octanol–water partition coefficient (Wildman–Crippen LogP) is 3.46. The number of anilines is 1. The second-order valence-corrected chi connectivity index (χ2v) is 4.31. The summed E-state index contributed by atoms with van der Waals surface area (Å²) < 4.78 is 0. The Labute approximate surface area is 116 Å². The molecular weight excluding hydrogens is 248 g/mol. The lowest BCUT2D eigenvalue weighted by molar-refractivity contribution is 0.458. The lowest BCUT2D eigenvalue weighted by Crippen LogP contribution is -2.21. The minimum atomic E-state index is -0.0641. The Kier molecular flexibility index (Phi) is 7.80. The van der Waals surface area contributed by atoms with E-state index >= 15 is 0 Å². The molecule has 0 radical (unpaired) electrons. The molecule has 0 saturated carbocycles. The number of phenols is 1. The summed E-state index contributed by atoms with van der Waals surface area (Å²) in [5.41, 5.74) is 7.93. The average Bonchev–Trinajstić information content (AvgIpc) is 2.31. The minimum absolute atomic E-state index is 0. The maximum absolute atomic E-state index is 10.0. The molecule has 0 saturated heterocycles. The zero-order valence-corrected chi connectivity index (χ0v) is 12.3. The topological polar surface area (TPSA) is 49.5 Å². The third-order valence-electron chi connectivity index (χ3n) is 3.14. The number of rotatable bonds is 6. The number of nitrogens with zero attached hydrogens (tertiary/aromatic N) is 1. The summed E-state index contributed by atoms with van der Waals surface area (Å²) in [7, 11) is 0. The molecule has 104 valence electrons. The second kappa shape index (κ2) is 8.22. The van der Waals surface area contributed by atoms with Crippen molar-refractivity contribution >= 4 is 18.1 Å². The first-order chi connectivity index (χ1) is 8.13. The first-order valence-corrected chi connectivity index (χ1v) is 6.47. The molecule has 1 atom stereocenters. The van der Waals surface area contributed by atoms with Crippen molar-refractivity contribution in [3.63, 3.8) is 0 Å². The summed E-state index contributed by atoms with van der Waals surface area (Å²) in [4.78, 5) is 2.20. The fraction of sp³-hybridized carbons (Fsp3) is 0.571. The van der Waals surface area contributed by atoms with Gasteiger partial charge in [-0.3, -0.25) is 0 Å². The third kappa shape index (κ3) is 4.07. The Hall–Kier alpha value is -0.930. The van der Waals surface area contributed by atoms with Gasteiger partial charge in [-0.15, -0.1) is 12.4 Å². The van der Waals surface area contributed by atoms with Gasteiger partial charge >= 0.3 is 0 Å². The Morgan fingerprint density at radius 2 is 1.83 bits per heavy atom. The van der Waals surface area contributed by atoms with Crippen LogP contribution in [0.2, 0.25) is 0 Å². The maximum Gasteiger partial charge on any atom is 0.122 e. The molecule has 1 aromatic rings. The molecule has 0 unspecified atom stereocenters. The lowest BCUT2D eigenvalue weighted by atomic mass is 10.0. The highest BCUT2D eigenvalue weighted by molar-refractivity contribution is 5.85. The molecule has 0 amide bonds. The number of nitrogens with two attached hydrogens (primary N) is 1. The van der Waals surface area contributed by atoms with Crippen LogP contribution in [0, 0.1) is 0 Å². The molecule has 0 aliphatic carbocycles. The van der Waals surface area contributed by atoms with Crippen LogP contribution in [0.5, 0.6) is 5.75 Å². The summed E-state index contributed by atoms with van der Waals surface area (Å²) in [5, 5.41) is 10.0. The highest BCUT2D eigenvalue weighted by Crippen LogP contribution is 2.29. The van der Waals surface area contributed by atoms with Gasteiger partial charge in [-0.05, 0) is 26.3 Å². The van der Waals surface area contributed by atoms with Crippen LogP contribution in [0.1, 0.15) is 45.2 Å². The molecule has 3 N–H and O–H groups in total. The molecular formula is C14H25ClN2O. The van der Waals surface area contributed by atoms with Gasteiger partial charge in [-0.2, -0.15) is 0 Å². The summed E-state index contributed by atoms with van der Waals surface area (Å²) in [6.07, 6.45) is 1.93. The summed E-state index contributed by atoms with van der Waals surface area (Å²) in [6.45, 7) is 8.20. The molecule has 0 aliphatic heterocycles. The van der Waals surface area contributed by atoms with E-state index in [0.717, 1.165) is 37.2 Å². The van der Waals surface area contributed by atoms with Gasteiger partial charge in [-0.25, -0.2) is 0 Å². The Balaban J connectivity index is 0.00000289. The molecule has 1 aromatic carbocycles. The first-order valence-electron chi connectivity index (χ1n) is 6.47. The molecule has 3 nitrogen and oxygen atoms in total. The van der Waals surface area contributed by atoms with Crippen molar-refractivity contribution in [2.24, 2.45) is 5.73 Å². The smallest absolute Gasteiger partial charge is 0.122 e. The van der Waals surface area contributed by atoms with Crippen LogP contribution in [-0.2, 0) is 0 Å². The number of phenolic OH excluding ortho intramolecular Hbond substituents is 1. The van der Waals surface area contributed by atoms with E-state index in [4.69, 9.17) is 5.73 Å². The highest BCUT2D eigenvalue weighted by Gasteiger charge is 2.12. The zero-order valence-electron chi connectivity index (χ0n) is 11.5. The monoisotopic (exact) mass is 272 g/mol. The van der Waals surface area contributed by atoms with Gasteiger partial charge in [0, 0.05) is 36.4 Å². The van der Waals surface area contributed by atoms with Crippen LogP contribution in [0.4, 0.5) is 5.69 Å². The number of hydrogen-bond acceptors (Lipinski definition) is 3. The first kappa shape index (κ1) is 17.1. The van der Waals surface area contributed by atoms with Gasteiger partial charge in [-0.1, -0.05) is 19.4 Å². The molecule has 0 aliphatic rings. The Bertz CT molecular complexity index is 354. The van der Waals surface area contributed by atoms with Gasteiger partial charge in [0.15, 0.2) is 0 Å². The van der Waals surface area contributed by atoms with Gasteiger partial charge in [0.1, 0.15) is 5.75 Å². The van der Waals surface area contributed by atoms with Crippen molar-refractivity contribution in [3.05, 3.63) is 23.8 Å². The molecule has 0 bridgehead atoms. The largest absolute Gasteiger partial charge is 0.508 e. The second-order valence-electron chi connectivity index (χ2n) is 4.31. The van der Waals surface area contributed by atoms with Gasteiger partial charge in [0.05, 0.1) is 0 Å². The van der Waals surface area contributed by atoms with Crippen LogP contribution >= 0.6 is 12.4 Å². The summed E-state index contributed by atoms with van der Waals surface area (Å²) >= 11 is 0. The van der Waals surface area contributed by atoms with E-state index in [1.165, 1.54) is 0 Å². The van der Waals surface area contributed by atoms with Crippen molar-refractivity contribution in [2.45, 2.75) is 39.7 Å². The molecule has 0 fully saturated rings. The molecule has 0 spiro atoms. The fourth-order valence-electron chi connectivity index (χ4n) is 2.10. The van der Waals surface area contributed by atoms with Crippen LogP contribution < -0.4 is 10.6 Å². The number of hydrogen-bond donors (Lipinski definition) is 2. The van der Waals surface area contributed by atoms with Crippen LogP contribution in [0.15, 0.2) is 18.2 Å². The van der Waals surface area contributed by atoms with Crippen molar-refractivity contribution < 1.29 is 5.11 Å². The maximum atomic E-state index is 10.0. The Morgan fingerprint density at radius 1 is 1.22 bits per heavy atom. The van der Waals surface area contributed by atoms with E-state index in [2.05, 4.69) is 25.7 Å². The molecule has 1 rings (SSSR count). The molecule has 0 heterocycles. The minimum Gasteiger partial charge on any atom is -0.508 e. The quantitative estimate of drug-likeness (QED) is 0.834. The molecule has 4 heteroatoms. The molecule has 18 heavy (non-hydrogen) atoms. The van der Waals surface area contributed by atoms with Gasteiger partial charge < -0.3 is 15.7 Å². The number of halogens is 1. The van der Waals surface area contributed by atoms with Crippen molar-refractivity contribution in [3.8, 4) is 5.75 Å². The third-order valence-corrected chi connectivity index (χ3v) is 3.14. The predicted molar refractivity (Wildman–Crippen MR) is 80.8 cm³/mol. The summed E-state index contributed by atoms with van der Waals surface area (Å²) in [6, 6.07) is 5.74. The van der Waals surface area contributed by atoms with Crippen LogP contribution in [-0.4, -0.2) is 18.2 Å². The van der Waals surface area contributed by atoms with Crippen LogP contribution in [0.25, 0.3) is 0 Å². The molecule has 0 aromatic heterocycles. The van der Waals surface area contributed by atoms with Crippen molar-refractivity contribution in [2.75, 3.05) is 18.0 Å². The van der Waals surface area contributed by atoms with E-state index in [-0.39, 0.29) is 18.4 Å². The fourth-order valence-corrected chi connectivity index (χ4v) is 2.10. The highest BCUT2D eigenvalue weighted by atomic mass is 35.5. The normalized spacial score (nSPS) is 11.8. The van der Waals surface area contributed by atoms with Crippen molar-refractivity contribution in [1.29, 1.82) is 0 Å². The van der Waals surface area contributed by atoms with E-state index in [0.29, 0.717) is 5.75 Å². The number of benzene rings is 1. The van der Waals surface area contributed by atoms with E-state index in [1.807, 2.05) is 18.2 Å². The van der Waals surface area contributed by atoms with Crippen molar-refractivity contribution in [1.82, 2.24) is 0 Å². The standard InChI is InChI=1S/C14H24N2O.ClH/c1-4-7-13(15)12-9-8-11(10-14(12)17)16(5-2)6-3;/h8-10,13,17H,4-7,15H2,1-3H3;1H/t13-;/m1./s1. The summed E-state index contributed by atoms with van der Waals surface area (Å²) in [5.74, 6) is 0.315. The SMILES string of the molecule is CCC[C@@H](N)c1ccc(N(CC)CC)cc1O.Cl. The van der Waals surface area contributed by atoms with Crippen LogP contribution in [0.3, 0.4) is 0 Å². The van der Waals surface area contributed by atoms with Gasteiger partial charge in [0.2, 0.25) is 0 Å². The lowest BCUT2D eigenvalue weighted by Gasteiger charge is -2.22. The number of aromatic hydroxyl groups is 1. The van der Waals surface area contributed by atoms with E-state index < -0.39 is 0 Å². The van der Waals surface area contributed by atoms with E-state index in [1.54, 1.807) is 0 Å². The zero-order chi connectivity index (χ0) is 12.8. The van der Waals surface area contributed by atoms with E-state index in [9.17, 15) is 5.11 Å². The average molecular weight is 273 g/mol. The Morgan fingerprint density at radius 3 is 2.28 bits per heavy atom.